The van der Waals surface area contributed by atoms with E-state index in [1.54, 1.807) is 31.2 Å². The van der Waals surface area contributed by atoms with E-state index in [1.807, 2.05) is 6.07 Å². The van der Waals surface area contributed by atoms with E-state index in [0.717, 1.165) is 0 Å². The van der Waals surface area contributed by atoms with Gasteiger partial charge in [0.25, 0.3) is 5.95 Å². The minimum Gasteiger partial charge on any atom is -0.481 e. The highest BCUT2D eigenvalue weighted by Gasteiger charge is 2.39. The largest absolute Gasteiger partial charge is 0.481 e. The van der Waals surface area contributed by atoms with Gasteiger partial charge in [-0.3, -0.25) is 4.79 Å². The summed E-state index contributed by atoms with van der Waals surface area (Å²) in [5.74, 6) is -1.57. The summed E-state index contributed by atoms with van der Waals surface area (Å²) in [6.07, 6.45) is 0. The van der Waals surface area contributed by atoms with Crippen LogP contribution in [0.5, 0.6) is 0 Å². The number of rotatable bonds is 2. The average molecular weight is 282 g/mol. The highest BCUT2D eigenvalue weighted by Crippen LogP contribution is 2.34. The zero-order chi connectivity index (χ0) is 15.0. The van der Waals surface area contributed by atoms with Crippen LogP contribution in [-0.4, -0.2) is 37.0 Å². The number of carboxylic acids is 1. The van der Waals surface area contributed by atoms with Crippen LogP contribution in [0.1, 0.15) is 24.1 Å². The van der Waals surface area contributed by atoms with Crippen molar-refractivity contribution in [2.24, 2.45) is 10.9 Å². The Kier molecular flexibility index (Phi) is 2.95. The van der Waals surface area contributed by atoms with Gasteiger partial charge in [0, 0.05) is 5.71 Å². The molecule has 1 aromatic heterocycles. The summed E-state index contributed by atoms with van der Waals surface area (Å²) in [6.45, 7) is 1.65. The molecule has 0 amide bonds. The van der Waals surface area contributed by atoms with Crippen molar-refractivity contribution in [3.63, 3.8) is 0 Å². The highest BCUT2D eigenvalue weighted by atomic mass is 16.4. The lowest BCUT2D eigenvalue weighted by molar-refractivity contribution is -0.140. The van der Waals surface area contributed by atoms with Gasteiger partial charge in [0.15, 0.2) is 0 Å². The summed E-state index contributed by atoms with van der Waals surface area (Å²) < 4.78 is 1.40. The zero-order valence-corrected chi connectivity index (χ0v) is 11.0. The van der Waals surface area contributed by atoms with Crippen LogP contribution in [0.2, 0.25) is 0 Å². The third-order valence-electron chi connectivity index (χ3n) is 3.43. The Morgan fingerprint density at radius 1 is 1.38 bits per heavy atom. The maximum Gasteiger partial charge on any atom is 0.314 e. The van der Waals surface area contributed by atoms with Gasteiger partial charge in [0.1, 0.15) is 12.0 Å². The highest BCUT2D eigenvalue weighted by molar-refractivity contribution is 6.02. The third-order valence-corrected chi connectivity index (χ3v) is 3.43. The van der Waals surface area contributed by atoms with Crippen molar-refractivity contribution in [3.8, 4) is 6.07 Å². The predicted molar refractivity (Wildman–Crippen MR) is 71.0 cm³/mol. The first-order valence-electron chi connectivity index (χ1n) is 6.17. The fourth-order valence-electron chi connectivity index (χ4n) is 2.44. The summed E-state index contributed by atoms with van der Waals surface area (Å²) in [7, 11) is 0. The predicted octanol–water partition coefficient (Wildman–Crippen LogP) is 0.941. The zero-order valence-electron chi connectivity index (χ0n) is 11.0. The van der Waals surface area contributed by atoms with Crippen LogP contribution in [0.4, 0.5) is 5.95 Å². The van der Waals surface area contributed by atoms with Gasteiger partial charge in [0.2, 0.25) is 0 Å². The van der Waals surface area contributed by atoms with Crippen molar-refractivity contribution in [1.29, 1.82) is 5.26 Å². The number of hydrogen-bond acceptors (Lipinski definition) is 6. The fraction of sp³-hybridized carbons (Fsp3) is 0.231. The van der Waals surface area contributed by atoms with E-state index >= 15 is 0 Å². The molecule has 8 nitrogen and oxygen atoms in total. The molecule has 0 aliphatic carbocycles. The molecule has 2 heterocycles. The Morgan fingerprint density at radius 3 is 2.71 bits per heavy atom. The molecular formula is C13H10N6O2. The number of fused-ring (bicyclic) bond motifs is 1. The second-order valence-corrected chi connectivity index (χ2v) is 4.67. The quantitative estimate of drug-likeness (QED) is 0.875. The van der Waals surface area contributed by atoms with Crippen molar-refractivity contribution in [2.45, 2.75) is 13.0 Å². The monoisotopic (exact) mass is 282 g/mol. The summed E-state index contributed by atoms with van der Waals surface area (Å²) >= 11 is 0. The molecule has 1 N–H and O–H groups in total. The standard InChI is InChI=1S/C13H10N6O2/c1-7-10(12(20)21)11(19-13(15-7)16-17-18-19)9-4-2-8(6-14)3-5-9/h2-5,10-11H,1H3,(H,20,21). The Bertz CT molecular complexity index is 771. The minimum atomic E-state index is -0.994. The van der Waals surface area contributed by atoms with E-state index in [9.17, 15) is 9.90 Å². The van der Waals surface area contributed by atoms with Crippen LogP contribution in [0.3, 0.4) is 0 Å². The second-order valence-electron chi connectivity index (χ2n) is 4.67. The number of tetrazole rings is 1. The van der Waals surface area contributed by atoms with Crippen LogP contribution in [0, 0.1) is 17.2 Å². The van der Waals surface area contributed by atoms with Gasteiger partial charge >= 0.3 is 5.97 Å². The first kappa shape index (κ1) is 12.9. The van der Waals surface area contributed by atoms with Crippen LogP contribution in [-0.2, 0) is 4.79 Å². The molecule has 2 atom stereocenters. The molecule has 104 valence electrons. The smallest absolute Gasteiger partial charge is 0.314 e. The lowest BCUT2D eigenvalue weighted by atomic mass is 9.88. The summed E-state index contributed by atoms with van der Waals surface area (Å²) in [6, 6.07) is 8.14. The average Bonchev–Trinajstić information content (AvgIpc) is 2.93. The number of nitrogens with zero attached hydrogens (tertiary/aromatic N) is 6. The summed E-state index contributed by atoms with van der Waals surface area (Å²) in [4.78, 5) is 15.7. The Hall–Kier alpha value is -3.08. The molecule has 0 radical (unpaired) electrons. The lowest BCUT2D eigenvalue weighted by Crippen LogP contribution is -2.35. The van der Waals surface area contributed by atoms with Gasteiger partial charge in [-0.15, -0.1) is 0 Å². The maximum absolute atomic E-state index is 11.6. The van der Waals surface area contributed by atoms with Crippen LogP contribution >= 0.6 is 0 Å². The summed E-state index contributed by atoms with van der Waals surface area (Å²) in [5, 5.41) is 29.5. The van der Waals surface area contributed by atoms with Crippen LogP contribution in [0.15, 0.2) is 29.3 Å². The van der Waals surface area contributed by atoms with Gasteiger partial charge < -0.3 is 5.11 Å². The van der Waals surface area contributed by atoms with Gasteiger partial charge in [-0.25, -0.2) is 9.67 Å². The normalized spacial score (nSPS) is 20.3. The van der Waals surface area contributed by atoms with Gasteiger partial charge in [-0.2, -0.15) is 5.26 Å². The van der Waals surface area contributed by atoms with Gasteiger partial charge in [-0.05, 0) is 35.0 Å². The molecule has 2 unspecified atom stereocenters. The number of benzene rings is 1. The van der Waals surface area contributed by atoms with Crippen LogP contribution in [0.25, 0.3) is 0 Å². The molecule has 0 saturated carbocycles. The van der Waals surface area contributed by atoms with E-state index < -0.39 is 17.9 Å². The number of aliphatic imine (C=N–C) groups is 1. The molecule has 2 aromatic rings. The van der Waals surface area contributed by atoms with Crippen molar-refractivity contribution in [2.75, 3.05) is 0 Å². The molecule has 0 spiro atoms. The Morgan fingerprint density at radius 2 is 2.10 bits per heavy atom. The minimum absolute atomic E-state index is 0.277. The van der Waals surface area contributed by atoms with Crippen LogP contribution < -0.4 is 0 Å². The lowest BCUT2D eigenvalue weighted by Gasteiger charge is -2.27. The number of carbonyl (C=O) groups is 1. The van der Waals surface area contributed by atoms with Gasteiger partial charge in [-0.1, -0.05) is 17.2 Å². The van der Waals surface area contributed by atoms with E-state index in [1.165, 1.54) is 4.68 Å². The molecule has 8 heteroatoms. The molecule has 3 rings (SSSR count). The number of carboxylic acid groups (broad SMARTS) is 1. The molecule has 1 aliphatic rings. The Balaban J connectivity index is 2.14. The van der Waals surface area contributed by atoms with E-state index in [0.29, 0.717) is 16.8 Å². The molecule has 1 aromatic carbocycles. The number of aliphatic carboxylic acids is 1. The molecule has 21 heavy (non-hydrogen) atoms. The number of aromatic nitrogens is 4. The van der Waals surface area contributed by atoms with E-state index in [-0.39, 0.29) is 5.95 Å². The van der Waals surface area contributed by atoms with Crippen molar-refractivity contribution >= 4 is 17.6 Å². The van der Waals surface area contributed by atoms with Crippen molar-refractivity contribution < 1.29 is 9.90 Å². The van der Waals surface area contributed by atoms with Crippen molar-refractivity contribution in [1.82, 2.24) is 20.2 Å². The fourth-order valence-corrected chi connectivity index (χ4v) is 2.44. The Labute approximate surface area is 119 Å². The topological polar surface area (TPSA) is 117 Å². The second kappa shape index (κ2) is 4.79. The first-order valence-corrected chi connectivity index (χ1v) is 6.17. The molecule has 1 aliphatic heterocycles. The van der Waals surface area contributed by atoms with E-state index in [4.69, 9.17) is 5.26 Å². The third kappa shape index (κ3) is 2.04. The number of hydrogen-bond donors (Lipinski definition) is 1. The van der Waals surface area contributed by atoms with Gasteiger partial charge in [0.05, 0.1) is 11.6 Å². The molecule has 0 fully saturated rings. The van der Waals surface area contributed by atoms with Crippen molar-refractivity contribution in [3.05, 3.63) is 35.4 Å². The first-order chi connectivity index (χ1) is 10.1. The SMILES string of the molecule is CC1=Nc2nnnn2C(c2ccc(C#N)cc2)C1C(=O)O. The maximum atomic E-state index is 11.6. The molecular weight excluding hydrogens is 272 g/mol. The van der Waals surface area contributed by atoms with E-state index in [2.05, 4.69) is 20.5 Å². The molecule has 0 bridgehead atoms. The number of nitriles is 1. The molecule has 0 saturated heterocycles. The summed E-state index contributed by atoms with van der Waals surface area (Å²) in [5.41, 5.74) is 1.66.